The fourth-order valence-electron chi connectivity index (χ4n) is 3.45. The Labute approximate surface area is 166 Å². The van der Waals surface area contributed by atoms with Gasteiger partial charge in [-0.3, -0.25) is 14.9 Å². The van der Waals surface area contributed by atoms with E-state index < -0.39 is 16.8 Å². The van der Waals surface area contributed by atoms with E-state index in [2.05, 4.69) is 12.2 Å². The van der Waals surface area contributed by atoms with E-state index in [-0.39, 0.29) is 17.9 Å². The van der Waals surface area contributed by atoms with E-state index in [1.807, 2.05) is 0 Å². The molecule has 0 saturated heterocycles. The molecule has 2 aromatic rings. The van der Waals surface area contributed by atoms with Gasteiger partial charge < -0.3 is 10.1 Å². The van der Waals surface area contributed by atoms with Gasteiger partial charge in [0.2, 0.25) is 0 Å². The van der Waals surface area contributed by atoms with Gasteiger partial charge in [-0.15, -0.1) is 11.3 Å². The fraction of sp³-hybridized carbons (Fsp3) is 0.400. The Morgan fingerprint density at radius 1 is 1.36 bits per heavy atom. The summed E-state index contributed by atoms with van der Waals surface area (Å²) in [6, 6.07) is 5.52. The van der Waals surface area contributed by atoms with E-state index in [4.69, 9.17) is 4.74 Å². The second-order valence-electron chi connectivity index (χ2n) is 6.71. The molecule has 7 nitrogen and oxygen atoms in total. The summed E-state index contributed by atoms with van der Waals surface area (Å²) in [5, 5.41) is 14.2. The Morgan fingerprint density at radius 3 is 2.82 bits per heavy atom. The van der Waals surface area contributed by atoms with E-state index in [0.29, 0.717) is 16.5 Å². The van der Waals surface area contributed by atoms with Gasteiger partial charge in [0.1, 0.15) is 5.00 Å². The number of hydrogen-bond acceptors (Lipinski definition) is 6. The van der Waals surface area contributed by atoms with E-state index in [1.165, 1.54) is 35.6 Å². The number of amides is 1. The van der Waals surface area contributed by atoms with Crippen molar-refractivity contribution in [2.24, 2.45) is 5.92 Å². The van der Waals surface area contributed by atoms with Crippen LogP contribution in [0, 0.1) is 16.0 Å². The third-order valence-electron chi connectivity index (χ3n) is 4.97. The predicted octanol–water partition coefficient (Wildman–Crippen LogP) is 4.60. The van der Waals surface area contributed by atoms with E-state index in [1.54, 1.807) is 6.92 Å². The largest absolute Gasteiger partial charge is 0.462 e. The summed E-state index contributed by atoms with van der Waals surface area (Å²) in [4.78, 5) is 36.7. The van der Waals surface area contributed by atoms with Gasteiger partial charge in [-0.25, -0.2) is 4.79 Å². The number of benzene rings is 1. The van der Waals surface area contributed by atoms with Crippen LogP contribution in [0.25, 0.3) is 0 Å². The number of nitro benzene ring substituents is 1. The SMILES string of the molecule is CCOC(=O)c1c(NC(=O)c2cccc([N+](=O)[O-])c2)sc2c1CCC(CC)C2. The maximum atomic E-state index is 12.7. The lowest BCUT2D eigenvalue weighted by Gasteiger charge is -2.20. The highest BCUT2D eigenvalue weighted by molar-refractivity contribution is 7.17. The van der Waals surface area contributed by atoms with Gasteiger partial charge in [0.25, 0.3) is 11.6 Å². The Morgan fingerprint density at radius 2 is 2.14 bits per heavy atom. The quantitative estimate of drug-likeness (QED) is 0.432. The zero-order valence-electron chi connectivity index (χ0n) is 15.8. The Kier molecular flexibility index (Phi) is 6.08. The summed E-state index contributed by atoms with van der Waals surface area (Å²) in [5.41, 5.74) is 1.40. The van der Waals surface area contributed by atoms with Gasteiger partial charge >= 0.3 is 5.97 Å². The zero-order chi connectivity index (χ0) is 20.3. The summed E-state index contributed by atoms with van der Waals surface area (Å²) >= 11 is 1.40. The number of non-ortho nitro benzene ring substituents is 1. The number of nitrogens with one attached hydrogen (secondary N) is 1. The highest BCUT2D eigenvalue weighted by Crippen LogP contribution is 2.41. The van der Waals surface area contributed by atoms with Crippen molar-refractivity contribution in [3.05, 3.63) is 55.9 Å². The molecule has 0 radical (unpaired) electrons. The zero-order valence-corrected chi connectivity index (χ0v) is 16.6. The normalized spacial score (nSPS) is 15.6. The molecule has 3 rings (SSSR count). The monoisotopic (exact) mass is 402 g/mol. The lowest BCUT2D eigenvalue weighted by Crippen LogP contribution is -2.17. The summed E-state index contributed by atoms with van der Waals surface area (Å²) in [6.45, 7) is 4.14. The molecule has 1 unspecified atom stereocenters. The summed E-state index contributed by atoms with van der Waals surface area (Å²) in [7, 11) is 0. The molecule has 0 fully saturated rings. The second kappa shape index (κ2) is 8.52. The highest BCUT2D eigenvalue weighted by Gasteiger charge is 2.30. The molecule has 8 heteroatoms. The Hall–Kier alpha value is -2.74. The number of ether oxygens (including phenoxy) is 1. The van der Waals surface area contributed by atoms with Crippen molar-refractivity contribution in [1.82, 2.24) is 0 Å². The van der Waals surface area contributed by atoms with Crippen molar-refractivity contribution in [3.8, 4) is 0 Å². The number of esters is 1. The van der Waals surface area contributed by atoms with Crippen LogP contribution >= 0.6 is 11.3 Å². The summed E-state index contributed by atoms with van der Waals surface area (Å²) in [5.74, 6) is -0.356. The van der Waals surface area contributed by atoms with E-state index >= 15 is 0 Å². The van der Waals surface area contributed by atoms with Gasteiger partial charge in [0.15, 0.2) is 0 Å². The van der Waals surface area contributed by atoms with Gasteiger partial charge in [0, 0.05) is 22.6 Å². The minimum absolute atomic E-state index is 0.158. The van der Waals surface area contributed by atoms with E-state index in [0.717, 1.165) is 36.1 Å². The lowest BCUT2D eigenvalue weighted by molar-refractivity contribution is -0.384. The molecule has 0 bridgehead atoms. The first-order chi connectivity index (χ1) is 13.4. The average molecular weight is 402 g/mol. The van der Waals surface area contributed by atoms with Crippen LogP contribution in [0.15, 0.2) is 24.3 Å². The van der Waals surface area contributed by atoms with Crippen molar-refractivity contribution in [3.63, 3.8) is 0 Å². The fourth-order valence-corrected chi connectivity index (χ4v) is 4.79. The van der Waals surface area contributed by atoms with Crippen molar-refractivity contribution in [2.45, 2.75) is 39.5 Å². The molecule has 0 aliphatic heterocycles. The molecule has 1 heterocycles. The molecule has 1 aromatic heterocycles. The number of thiophene rings is 1. The van der Waals surface area contributed by atoms with Crippen molar-refractivity contribution in [2.75, 3.05) is 11.9 Å². The van der Waals surface area contributed by atoms with Crippen LogP contribution in [0.3, 0.4) is 0 Å². The molecule has 148 valence electrons. The minimum atomic E-state index is -0.546. The van der Waals surface area contributed by atoms with E-state index in [9.17, 15) is 19.7 Å². The summed E-state index contributed by atoms with van der Waals surface area (Å²) in [6.07, 6.45) is 3.74. The van der Waals surface area contributed by atoms with Crippen molar-refractivity contribution >= 4 is 33.9 Å². The first kappa shape index (κ1) is 20.0. The van der Waals surface area contributed by atoms with Gasteiger partial charge in [-0.2, -0.15) is 0 Å². The number of nitrogens with zero attached hydrogens (tertiary/aromatic N) is 1. The Bertz CT molecular complexity index is 921. The van der Waals surface area contributed by atoms with Crippen LogP contribution in [-0.4, -0.2) is 23.4 Å². The molecule has 0 spiro atoms. The topological polar surface area (TPSA) is 98.5 Å². The molecule has 1 amide bonds. The molecular formula is C20H22N2O5S. The molecule has 1 atom stereocenters. The van der Waals surface area contributed by atoms with Crippen molar-refractivity contribution < 1.29 is 19.2 Å². The number of anilines is 1. The maximum Gasteiger partial charge on any atom is 0.341 e. The van der Waals surface area contributed by atoms with Gasteiger partial charge in [-0.05, 0) is 43.7 Å². The van der Waals surface area contributed by atoms with Crippen LogP contribution in [0.4, 0.5) is 10.7 Å². The number of carbonyl (C=O) groups is 2. The number of fused-ring (bicyclic) bond motifs is 1. The first-order valence-electron chi connectivity index (χ1n) is 9.32. The van der Waals surface area contributed by atoms with Crippen LogP contribution in [-0.2, 0) is 17.6 Å². The molecule has 28 heavy (non-hydrogen) atoms. The Balaban J connectivity index is 1.93. The second-order valence-corrected chi connectivity index (χ2v) is 7.81. The predicted molar refractivity (Wildman–Crippen MR) is 107 cm³/mol. The standard InChI is InChI=1S/C20H22N2O5S/c1-3-12-8-9-15-16(10-12)28-19(17(15)20(24)27-4-2)21-18(23)13-6-5-7-14(11-13)22(25)26/h5-7,11-12H,3-4,8-10H2,1-2H3,(H,21,23). The van der Waals surface area contributed by atoms with Crippen LogP contribution in [0.2, 0.25) is 0 Å². The van der Waals surface area contributed by atoms with Gasteiger partial charge in [-0.1, -0.05) is 19.4 Å². The number of hydrogen-bond donors (Lipinski definition) is 1. The maximum absolute atomic E-state index is 12.7. The number of rotatable bonds is 6. The van der Waals surface area contributed by atoms with Crippen LogP contribution in [0.1, 0.15) is 57.8 Å². The number of nitro groups is 1. The molecular weight excluding hydrogens is 380 g/mol. The molecule has 1 aliphatic rings. The summed E-state index contributed by atoms with van der Waals surface area (Å²) < 4.78 is 5.21. The average Bonchev–Trinajstić information content (AvgIpc) is 3.04. The van der Waals surface area contributed by atoms with Crippen molar-refractivity contribution in [1.29, 1.82) is 0 Å². The minimum Gasteiger partial charge on any atom is -0.462 e. The molecule has 0 saturated carbocycles. The third-order valence-corrected chi connectivity index (χ3v) is 6.14. The first-order valence-corrected chi connectivity index (χ1v) is 10.1. The molecule has 1 aliphatic carbocycles. The smallest absolute Gasteiger partial charge is 0.341 e. The highest BCUT2D eigenvalue weighted by atomic mass is 32.1. The lowest BCUT2D eigenvalue weighted by atomic mass is 9.85. The van der Waals surface area contributed by atoms with Crippen LogP contribution in [0.5, 0.6) is 0 Å². The number of carbonyl (C=O) groups excluding carboxylic acids is 2. The third kappa shape index (κ3) is 4.06. The molecule has 1 N–H and O–H groups in total. The van der Waals surface area contributed by atoms with Gasteiger partial charge in [0.05, 0.1) is 17.1 Å². The molecule has 1 aromatic carbocycles. The van der Waals surface area contributed by atoms with Crippen LogP contribution < -0.4 is 5.32 Å².